The van der Waals surface area contributed by atoms with E-state index in [0.29, 0.717) is 5.54 Å². The molecule has 0 atom stereocenters. The lowest BCUT2D eigenvalue weighted by molar-refractivity contribution is 0.0927. The molecule has 124 valence electrons. The van der Waals surface area contributed by atoms with Crippen LogP contribution in [0.4, 0.5) is 0 Å². The van der Waals surface area contributed by atoms with E-state index in [9.17, 15) is 0 Å². The molecule has 20 heavy (non-hydrogen) atoms. The van der Waals surface area contributed by atoms with Gasteiger partial charge in [0.05, 0.1) is 0 Å². The molecule has 0 bridgehead atoms. The highest BCUT2D eigenvalue weighted by molar-refractivity contribution is 7.45. The average molecular weight is 311 g/mol. The Balaban J connectivity index is 0. The molecule has 0 aliphatic heterocycles. The lowest BCUT2D eigenvalue weighted by atomic mass is 9.87. The maximum absolute atomic E-state index is 8.88. The van der Waals surface area contributed by atoms with Gasteiger partial charge in [-0.05, 0) is 32.9 Å². The van der Waals surface area contributed by atoms with Crippen LogP contribution in [0.2, 0.25) is 0 Å². The average Bonchev–Trinajstić information content (AvgIpc) is 2.33. The van der Waals surface area contributed by atoms with E-state index in [-0.39, 0.29) is 0 Å². The standard InChI is InChI=1S/C14H31N.H3O4P/c1-6-10-12-14(5,13-11-7-2)15(8-3)9-4;1-5(2,3)4/h6-13H2,1-5H3;(H3,1,2,3,4). The summed E-state index contributed by atoms with van der Waals surface area (Å²) in [6, 6.07) is 0. The van der Waals surface area contributed by atoms with Gasteiger partial charge in [-0.3, -0.25) is 4.90 Å². The SMILES string of the molecule is CCCCC(C)(CCCC)N(CC)CC.O=P(O)(O)O. The van der Waals surface area contributed by atoms with Crippen LogP contribution < -0.4 is 0 Å². The number of phosphoric acid groups is 1. The van der Waals surface area contributed by atoms with Crippen molar-refractivity contribution in [2.75, 3.05) is 13.1 Å². The molecular formula is C14H34NO4P. The molecule has 0 aromatic heterocycles. The third-order valence-corrected chi connectivity index (χ3v) is 3.66. The van der Waals surface area contributed by atoms with Crippen molar-refractivity contribution >= 4 is 7.82 Å². The molecule has 0 aromatic carbocycles. The van der Waals surface area contributed by atoms with Gasteiger partial charge in [0, 0.05) is 5.54 Å². The second-order valence-electron chi connectivity index (χ2n) is 5.39. The summed E-state index contributed by atoms with van der Waals surface area (Å²) in [6.07, 6.45) is 8.12. The van der Waals surface area contributed by atoms with Crippen molar-refractivity contribution in [3.63, 3.8) is 0 Å². The van der Waals surface area contributed by atoms with Gasteiger partial charge in [-0.2, -0.15) is 0 Å². The fourth-order valence-corrected chi connectivity index (χ4v) is 2.54. The summed E-state index contributed by atoms with van der Waals surface area (Å²) >= 11 is 0. The minimum Gasteiger partial charge on any atom is -0.303 e. The van der Waals surface area contributed by atoms with Gasteiger partial charge >= 0.3 is 7.82 Å². The van der Waals surface area contributed by atoms with Crippen LogP contribution in [0.25, 0.3) is 0 Å². The molecule has 0 spiro atoms. The number of nitrogens with zero attached hydrogens (tertiary/aromatic N) is 1. The molecule has 0 aliphatic rings. The summed E-state index contributed by atoms with van der Waals surface area (Å²) in [7, 11) is -4.64. The first kappa shape index (κ1) is 22.4. The molecule has 6 heteroatoms. The van der Waals surface area contributed by atoms with Gasteiger partial charge in [-0.1, -0.05) is 53.4 Å². The summed E-state index contributed by atoms with van der Waals surface area (Å²) in [6.45, 7) is 14.0. The quantitative estimate of drug-likeness (QED) is 0.567. The van der Waals surface area contributed by atoms with Crippen LogP contribution in [0, 0.1) is 0 Å². The summed E-state index contributed by atoms with van der Waals surface area (Å²) < 4.78 is 8.88. The van der Waals surface area contributed by atoms with Crippen molar-refractivity contribution in [3.05, 3.63) is 0 Å². The molecule has 0 unspecified atom stereocenters. The second-order valence-corrected chi connectivity index (χ2v) is 6.42. The summed E-state index contributed by atoms with van der Waals surface area (Å²) in [5, 5.41) is 0. The molecule has 0 saturated heterocycles. The Labute approximate surface area is 124 Å². The molecule has 3 N–H and O–H groups in total. The Morgan fingerprint density at radius 1 is 0.900 bits per heavy atom. The summed E-state index contributed by atoms with van der Waals surface area (Å²) in [5.41, 5.74) is 0.454. The lowest BCUT2D eigenvalue weighted by Gasteiger charge is -2.41. The molecule has 0 saturated carbocycles. The van der Waals surface area contributed by atoms with Crippen LogP contribution in [0.5, 0.6) is 0 Å². The summed E-state index contributed by atoms with van der Waals surface area (Å²) in [4.78, 5) is 24.2. The maximum Gasteiger partial charge on any atom is 0.466 e. The number of rotatable bonds is 9. The van der Waals surface area contributed by atoms with E-state index in [0.717, 1.165) is 0 Å². The van der Waals surface area contributed by atoms with Crippen molar-refractivity contribution < 1.29 is 19.2 Å². The summed E-state index contributed by atoms with van der Waals surface area (Å²) in [5.74, 6) is 0. The topological polar surface area (TPSA) is 81.0 Å². The van der Waals surface area contributed by atoms with Crippen molar-refractivity contribution in [2.45, 2.75) is 78.7 Å². The third-order valence-electron chi connectivity index (χ3n) is 3.66. The first-order chi connectivity index (χ1) is 9.14. The van der Waals surface area contributed by atoms with Gasteiger partial charge in [0.2, 0.25) is 0 Å². The molecule has 0 heterocycles. The molecule has 0 rings (SSSR count). The van der Waals surface area contributed by atoms with Gasteiger partial charge in [0.15, 0.2) is 0 Å². The van der Waals surface area contributed by atoms with Crippen LogP contribution in [-0.4, -0.2) is 38.2 Å². The van der Waals surface area contributed by atoms with E-state index in [4.69, 9.17) is 19.2 Å². The minimum absolute atomic E-state index is 0.454. The monoisotopic (exact) mass is 311 g/mol. The third kappa shape index (κ3) is 13.1. The predicted molar refractivity (Wildman–Crippen MR) is 84.6 cm³/mol. The Bertz CT molecular complexity index is 248. The van der Waals surface area contributed by atoms with Crippen molar-refractivity contribution in [1.29, 1.82) is 0 Å². The minimum atomic E-state index is -4.64. The highest BCUT2D eigenvalue weighted by Crippen LogP contribution is 2.28. The lowest BCUT2D eigenvalue weighted by Crippen LogP contribution is -2.46. The highest BCUT2D eigenvalue weighted by atomic mass is 31.2. The van der Waals surface area contributed by atoms with Crippen LogP contribution in [0.1, 0.15) is 73.1 Å². The molecule has 0 amide bonds. The Morgan fingerprint density at radius 3 is 1.40 bits per heavy atom. The Morgan fingerprint density at radius 2 is 1.20 bits per heavy atom. The van der Waals surface area contributed by atoms with E-state index in [1.54, 1.807) is 0 Å². The molecule has 0 fully saturated rings. The first-order valence-corrected chi connectivity index (χ1v) is 9.24. The normalized spacial score (nSPS) is 12.2. The van der Waals surface area contributed by atoms with Gasteiger partial charge in [-0.25, -0.2) is 4.57 Å². The Hall–Kier alpha value is 0.0700. The molecule has 5 nitrogen and oxygen atoms in total. The van der Waals surface area contributed by atoms with E-state index >= 15 is 0 Å². The predicted octanol–water partition coefficient (Wildman–Crippen LogP) is 3.54. The second kappa shape index (κ2) is 11.7. The van der Waals surface area contributed by atoms with Crippen LogP contribution in [0.3, 0.4) is 0 Å². The maximum atomic E-state index is 8.88. The fraction of sp³-hybridized carbons (Fsp3) is 1.00. The Kier molecular flexibility index (Phi) is 13.1. The van der Waals surface area contributed by atoms with Crippen LogP contribution in [0.15, 0.2) is 0 Å². The number of hydrogen-bond donors (Lipinski definition) is 3. The van der Waals surface area contributed by atoms with Gasteiger partial charge in [0.25, 0.3) is 0 Å². The number of unbranched alkanes of at least 4 members (excludes halogenated alkanes) is 2. The van der Waals surface area contributed by atoms with Crippen molar-refractivity contribution in [1.82, 2.24) is 4.90 Å². The zero-order valence-electron chi connectivity index (χ0n) is 13.8. The molecular weight excluding hydrogens is 277 g/mol. The van der Waals surface area contributed by atoms with Crippen LogP contribution in [-0.2, 0) is 4.57 Å². The zero-order valence-corrected chi connectivity index (χ0v) is 14.7. The van der Waals surface area contributed by atoms with Crippen molar-refractivity contribution in [2.24, 2.45) is 0 Å². The van der Waals surface area contributed by atoms with E-state index in [1.807, 2.05) is 0 Å². The van der Waals surface area contributed by atoms with E-state index in [1.165, 1.54) is 51.6 Å². The number of hydrogen-bond acceptors (Lipinski definition) is 2. The highest BCUT2D eigenvalue weighted by Gasteiger charge is 2.28. The fourth-order valence-electron chi connectivity index (χ4n) is 2.54. The van der Waals surface area contributed by atoms with Gasteiger partial charge in [0.1, 0.15) is 0 Å². The molecule has 0 radical (unpaired) electrons. The smallest absolute Gasteiger partial charge is 0.303 e. The zero-order chi connectivity index (χ0) is 16.2. The van der Waals surface area contributed by atoms with E-state index in [2.05, 4.69) is 39.5 Å². The largest absolute Gasteiger partial charge is 0.466 e. The van der Waals surface area contributed by atoms with Crippen molar-refractivity contribution in [3.8, 4) is 0 Å². The van der Waals surface area contributed by atoms with Gasteiger partial charge in [-0.15, -0.1) is 0 Å². The van der Waals surface area contributed by atoms with E-state index < -0.39 is 7.82 Å². The first-order valence-electron chi connectivity index (χ1n) is 7.67. The van der Waals surface area contributed by atoms with Gasteiger partial charge < -0.3 is 14.7 Å². The molecule has 0 aliphatic carbocycles. The molecule has 0 aromatic rings. The van der Waals surface area contributed by atoms with Crippen LogP contribution >= 0.6 is 7.82 Å².